The lowest BCUT2D eigenvalue weighted by Crippen LogP contribution is -2.48. The molecular formula is C32H35ClN2O4S. The molecule has 1 aromatic heterocycles. The predicted molar refractivity (Wildman–Crippen MR) is 163 cm³/mol. The molecule has 1 N–H and O–H groups in total. The van der Waals surface area contributed by atoms with Gasteiger partial charge in [0, 0.05) is 22.7 Å². The fourth-order valence-electron chi connectivity index (χ4n) is 5.28. The molecule has 0 aliphatic carbocycles. The molecule has 1 aliphatic heterocycles. The van der Waals surface area contributed by atoms with Crippen LogP contribution in [0.5, 0.6) is 0 Å². The number of aromatic nitrogens is 1. The fraction of sp³-hybridized carbons (Fsp3) is 0.375. The number of rotatable bonds is 6. The molecule has 0 saturated carbocycles. The summed E-state index contributed by atoms with van der Waals surface area (Å²) in [5.41, 5.74) is 5.19. The number of hydrogen-bond acceptors (Lipinski definition) is 6. The first-order chi connectivity index (χ1) is 18.8. The van der Waals surface area contributed by atoms with E-state index in [9.17, 15) is 9.90 Å². The summed E-state index contributed by atoms with van der Waals surface area (Å²) in [6.07, 6.45) is -1.14. The first-order valence-corrected chi connectivity index (χ1v) is 14.6. The third-order valence-electron chi connectivity index (χ3n) is 7.21. The molecule has 40 heavy (non-hydrogen) atoms. The number of carboxylic acids is 1. The standard InChI is InChI=1S/C32H35ClN2O4S/c1-19-7-11-22(12-8-19)32(6)18-35(15-16-38-32)30-34-24-17-20(2)25(27(29(36)37)39-31(3,4)5)26(28(24)40-30)21-9-13-23(33)14-10-21/h7-14,17,27H,15-16,18H2,1-6H3,(H,36,37)/t27-,32?/m0/s1. The highest BCUT2D eigenvalue weighted by Crippen LogP contribution is 2.45. The van der Waals surface area contributed by atoms with Gasteiger partial charge in [0.2, 0.25) is 0 Å². The molecule has 1 fully saturated rings. The molecule has 0 bridgehead atoms. The van der Waals surface area contributed by atoms with Gasteiger partial charge in [0.15, 0.2) is 11.2 Å². The number of benzene rings is 3. The maximum Gasteiger partial charge on any atom is 0.337 e. The number of ether oxygens (including phenoxy) is 2. The van der Waals surface area contributed by atoms with Gasteiger partial charge in [0.05, 0.1) is 29.0 Å². The van der Waals surface area contributed by atoms with Gasteiger partial charge < -0.3 is 19.5 Å². The van der Waals surface area contributed by atoms with Gasteiger partial charge in [-0.2, -0.15) is 0 Å². The van der Waals surface area contributed by atoms with Gasteiger partial charge in [-0.25, -0.2) is 9.78 Å². The van der Waals surface area contributed by atoms with Gasteiger partial charge in [0.1, 0.15) is 5.60 Å². The van der Waals surface area contributed by atoms with E-state index in [4.69, 9.17) is 26.1 Å². The van der Waals surface area contributed by atoms with Crippen molar-refractivity contribution in [2.75, 3.05) is 24.6 Å². The van der Waals surface area contributed by atoms with Crippen LogP contribution in [0.1, 0.15) is 56.1 Å². The molecule has 8 heteroatoms. The molecule has 2 heterocycles. The number of carbonyl (C=O) groups is 1. The van der Waals surface area contributed by atoms with Crippen LogP contribution >= 0.6 is 22.9 Å². The summed E-state index contributed by atoms with van der Waals surface area (Å²) in [4.78, 5) is 19.9. The molecule has 2 atom stereocenters. The van der Waals surface area contributed by atoms with Crippen LogP contribution in [0.2, 0.25) is 5.02 Å². The van der Waals surface area contributed by atoms with Crippen LogP contribution in [0.4, 0.5) is 5.13 Å². The maximum atomic E-state index is 12.6. The van der Waals surface area contributed by atoms with E-state index >= 15 is 0 Å². The van der Waals surface area contributed by atoms with E-state index in [1.54, 1.807) is 11.3 Å². The van der Waals surface area contributed by atoms with Crippen molar-refractivity contribution in [2.45, 2.75) is 58.8 Å². The number of anilines is 1. The number of halogens is 1. The zero-order valence-corrected chi connectivity index (χ0v) is 25.3. The van der Waals surface area contributed by atoms with E-state index in [0.717, 1.165) is 37.6 Å². The Balaban J connectivity index is 1.65. The molecule has 4 aromatic rings. The van der Waals surface area contributed by atoms with Crippen LogP contribution in [0, 0.1) is 13.8 Å². The molecule has 1 aliphatic rings. The van der Waals surface area contributed by atoms with Crippen molar-refractivity contribution in [1.29, 1.82) is 0 Å². The summed E-state index contributed by atoms with van der Waals surface area (Å²) >= 11 is 7.81. The molecule has 1 unspecified atom stereocenters. The smallest absolute Gasteiger partial charge is 0.337 e. The highest BCUT2D eigenvalue weighted by Gasteiger charge is 2.36. The summed E-state index contributed by atoms with van der Waals surface area (Å²) in [6.45, 7) is 13.7. The Morgan fingerprint density at radius 1 is 1.15 bits per heavy atom. The number of hydrogen-bond donors (Lipinski definition) is 1. The average Bonchev–Trinajstić information content (AvgIpc) is 3.31. The molecule has 1 saturated heterocycles. The molecule has 210 valence electrons. The van der Waals surface area contributed by atoms with Gasteiger partial charge in [-0.3, -0.25) is 0 Å². The number of aryl methyl sites for hydroxylation is 2. The second-order valence-electron chi connectivity index (χ2n) is 11.6. The highest BCUT2D eigenvalue weighted by molar-refractivity contribution is 7.22. The lowest BCUT2D eigenvalue weighted by molar-refractivity contribution is -0.160. The minimum Gasteiger partial charge on any atom is -0.479 e. The topological polar surface area (TPSA) is 71.9 Å². The van der Waals surface area contributed by atoms with Crippen LogP contribution < -0.4 is 4.90 Å². The molecule has 5 rings (SSSR count). The number of fused-ring (bicyclic) bond motifs is 1. The number of thiazole rings is 1. The van der Waals surface area contributed by atoms with E-state index in [1.165, 1.54) is 5.56 Å². The first kappa shape index (κ1) is 28.6. The van der Waals surface area contributed by atoms with Gasteiger partial charge in [-0.15, -0.1) is 0 Å². The molecular weight excluding hydrogens is 544 g/mol. The van der Waals surface area contributed by atoms with Crippen molar-refractivity contribution >= 4 is 44.3 Å². The zero-order chi connectivity index (χ0) is 28.8. The molecule has 0 radical (unpaired) electrons. The molecule has 3 aromatic carbocycles. The predicted octanol–water partition coefficient (Wildman–Crippen LogP) is 7.93. The van der Waals surface area contributed by atoms with E-state index in [2.05, 4.69) is 43.0 Å². The quantitative estimate of drug-likeness (QED) is 0.250. The van der Waals surface area contributed by atoms with Crippen molar-refractivity contribution in [3.05, 3.63) is 81.9 Å². The number of morpholine rings is 1. The van der Waals surface area contributed by atoms with Crippen LogP contribution in [-0.2, 0) is 19.9 Å². The summed E-state index contributed by atoms with van der Waals surface area (Å²) in [7, 11) is 0. The van der Waals surface area contributed by atoms with Crippen molar-refractivity contribution in [1.82, 2.24) is 4.98 Å². The maximum absolute atomic E-state index is 12.6. The Labute approximate surface area is 244 Å². The number of aliphatic carboxylic acids is 1. The second kappa shape index (κ2) is 10.8. The third-order valence-corrected chi connectivity index (χ3v) is 8.62. The Kier molecular flexibility index (Phi) is 7.70. The van der Waals surface area contributed by atoms with Crippen molar-refractivity contribution < 1.29 is 19.4 Å². The molecule has 0 spiro atoms. The van der Waals surface area contributed by atoms with Gasteiger partial charge in [0.25, 0.3) is 0 Å². The van der Waals surface area contributed by atoms with Gasteiger partial charge in [-0.1, -0.05) is 64.9 Å². The van der Waals surface area contributed by atoms with Crippen LogP contribution in [-0.4, -0.2) is 41.4 Å². The van der Waals surface area contributed by atoms with E-state index in [-0.39, 0.29) is 0 Å². The third kappa shape index (κ3) is 5.75. The fourth-order valence-corrected chi connectivity index (χ4v) is 6.55. The van der Waals surface area contributed by atoms with E-state index < -0.39 is 23.3 Å². The van der Waals surface area contributed by atoms with Crippen LogP contribution in [0.15, 0.2) is 54.6 Å². The van der Waals surface area contributed by atoms with Crippen molar-refractivity contribution in [3.8, 4) is 11.1 Å². The SMILES string of the molecule is Cc1ccc(C2(C)CN(c3nc4cc(C)c([C@H](OC(C)(C)C)C(=O)O)c(-c5ccc(Cl)cc5)c4s3)CCO2)cc1. The Morgan fingerprint density at radius 3 is 2.45 bits per heavy atom. The Hall–Kier alpha value is -2.97. The summed E-state index contributed by atoms with van der Waals surface area (Å²) in [5.74, 6) is -1.03. The minimum atomic E-state index is -1.14. The lowest BCUT2D eigenvalue weighted by atomic mass is 9.91. The monoisotopic (exact) mass is 578 g/mol. The van der Waals surface area contributed by atoms with Crippen molar-refractivity contribution in [3.63, 3.8) is 0 Å². The highest BCUT2D eigenvalue weighted by atomic mass is 35.5. The van der Waals surface area contributed by atoms with E-state index in [0.29, 0.717) is 30.3 Å². The van der Waals surface area contributed by atoms with Gasteiger partial charge in [-0.05, 0) is 76.4 Å². The van der Waals surface area contributed by atoms with Crippen LogP contribution in [0.25, 0.3) is 21.3 Å². The lowest BCUT2D eigenvalue weighted by Gasteiger charge is -2.40. The summed E-state index contributed by atoms with van der Waals surface area (Å²) in [5, 5.41) is 11.8. The Morgan fingerprint density at radius 2 is 1.82 bits per heavy atom. The molecule has 6 nitrogen and oxygen atoms in total. The van der Waals surface area contributed by atoms with E-state index in [1.807, 2.05) is 58.0 Å². The van der Waals surface area contributed by atoms with Crippen molar-refractivity contribution in [2.24, 2.45) is 0 Å². The number of nitrogens with zero attached hydrogens (tertiary/aromatic N) is 2. The minimum absolute atomic E-state index is 0.473. The second-order valence-corrected chi connectivity index (χ2v) is 13.1. The zero-order valence-electron chi connectivity index (χ0n) is 23.7. The Bertz CT molecular complexity index is 1540. The summed E-state index contributed by atoms with van der Waals surface area (Å²) < 4.78 is 13.4. The first-order valence-electron chi connectivity index (χ1n) is 13.4. The summed E-state index contributed by atoms with van der Waals surface area (Å²) in [6, 6.07) is 18.0. The van der Waals surface area contributed by atoms with Crippen LogP contribution in [0.3, 0.4) is 0 Å². The number of carboxylic acid groups (broad SMARTS) is 1. The molecule has 0 amide bonds. The normalized spacial score (nSPS) is 18.7. The largest absolute Gasteiger partial charge is 0.479 e. The van der Waals surface area contributed by atoms with Gasteiger partial charge >= 0.3 is 5.97 Å². The average molecular weight is 579 g/mol.